The molecule has 0 saturated carbocycles. The van der Waals surface area contributed by atoms with Crippen LogP contribution in [0.2, 0.25) is 0 Å². The fourth-order valence-electron chi connectivity index (χ4n) is 2.15. The first kappa shape index (κ1) is 12.8. The molecule has 0 aliphatic heterocycles. The zero-order valence-electron chi connectivity index (χ0n) is 10.7. The average Bonchev–Trinajstić information content (AvgIpc) is 2.69. The Kier molecular flexibility index (Phi) is 3.29. The standard InChI is InChI=1S/C13H12N4O2/c1-3-17-12-6-9(16-19)4-5-10(12)11(7-14)13(17)15-8(2)18/h4-6H,3H2,1-2H3,(H,15,18)/p+1. The van der Waals surface area contributed by atoms with E-state index in [-0.39, 0.29) is 5.91 Å². The van der Waals surface area contributed by atoms with E-state index in [2.05, 4.69) is 11.4 Å². The van der Waals surface area contributed by atoms with Crippen molar-refractivity contribution in [3.63, 3.8) is 0 Å². The summed E-state index contributed by atoms with van der Waals surface area (Å²) in [4.78, 5) is 22.0. The minimum absolute atomic E-state index is 0.240. The summed E-state index contributed by atoms with van der Waals surface area (Å²) in [6.07, 6.45) is 0. The summed E-state index contributed by atoms with van der Waals surface area (Å²) in [5.74, 6) is 0.228. The number of carbonyl (C=O) groups is 1. The summed E-state index contributed by atoms with van der Waals surface area (Å²) in [5.41, 5.74) is 1.56. The number of aromatic nitrogens is 1. The molecule has 0 saturated heterocycles. The summed E-state index contributed by atoms with van der Waals surface area (Å²) in [6, 6.07) is 7.07. The Morgan fingerprint density at radius 3 is 2.79 bits per heavy atom. The minimum atomic E-state index is -0.240. The van der Waals surface area contributed by atoms with Crippen molar-refractivity contribution in [2.75, 3.05) is 5.32 Å². The van der Waals surface area contributed by atoms with Gasteiger partial charge in [0.15, 0.2) is 0 Å². The number of benzene rings is 1. The van der Waals surface area contributed by atoms with Crippen LogP contribution in [-0.2, 0) is 11.3 Å². The van der Waals surface area contributed by atoms with E-state index < -0.39 is 0 Å². The number of nitriles is 1. The first-order chi connectivity index (χ1) is 9.12. The van der Waals surface area contributed by atoms with Crippen LogP contribution in [0.1, 0.15) is 19.4 Å². The molecular weight excluding hydrogens is 244 g/mol. The number of nitrogens with one attached hydrogen (secondary N) is 2. The highest BCUT2D eigenvalue weighted by Gasteiger charge is 2.18. The monoisotopic (exact) mass is 257 g/mol. The van der Waals surface area contributed by atoms with Gasteiger partial charge >= 0.3 is 0 Å². The number of hydrogen-bond donors (Lipinski definition) is 2. The van der Waals surface area contributed by atoms with Crippen molar-refractivity contribution >= 4 is 28.3 Å². The van der Waals surface area contributed by atoms with Crippen LogP contribution in [0.15, 0.2) is 18.2 Å². The van der Waals surface area contributed by atoms with E-state index in [1.54, 1.807) is 22.8 Å². The molecule has 1 heterocycles. The molecule has 0 atom stereocenters. The van der Waals surface area contributed by atoms with Gasteiger partial charge in [-0.2, -0.15) is 5.26 Å². The Balaban J connectivity index is 2.82. The lowest BCUT2D eigenvalue weighted by Crippen LogP contribution is -2.55. The topological polar surface area (TPSA) is 88.9 Å². The average molecular weight is 257 g/mol. The fraction of sp³-hybridized carbons (Fsp3) is 0.231. The Bertz CT molecular complexity index is 709. The third-order valence-electron chi connectivity index (χ3n) is 2.90. The maximum Gasteiger partial charge on any atom is 0.255 e. The van der Waals surface area contributed by atoms with E-state index in [0.717, 1.165) is 5.52 Å². The molecular formula is C13H13N4O2+. The predicted molar refractivity (Wildman–Crippen MR) is 70.6 cm³/mol. The lowest BCUT2D eigenvalue weighted by molar-refractivity contribution is -0.379. The maximum absolute atomic E-state index is 11.3. The Labute approximate surface area is 109 Å². The second-order valence-corrected chi connectivity index (χ2v) is 4.09. The van der Waals surface area contributed by atoms with Gasteiger partial charge in [-0.05, 0) is 13.0 Å². The predicted octanol–water partition coefficient (Wildman–Crippen LogP) is 0.970. The molecule has 6 nitrogen and oxygen atoms in total. The Morgan fingerprint density at radius 1 is 1.53 bits per heavy atom. The molecule has 0 aliphatic carbocycles. The van der Waals surface area contributed by atoms with Crippen molar-refractivity contribution in [3.05, 3.63) is 28.7 Å². The maximum atomic E-state index is 11.3. The lowest BCUT2D eigenvalue weighted by atomic mass is 10.1. The third-order valence-corrected chi connectivity index (χ3v) is 2.90. The van der Waals surface area contributed by atoms with Crippen molar-refractivity contribution in [2.24, 2.45) is 0 Å². The van der Waals surface area contributed by atoms with Crippen molar-refractivity contribution in [1.29, 1.82) is 5.26 Å². The van der Waals surface area contributed by atoms with Crippen LogP contribution in [0.25, 0.3) is 10.9 Å². The second kappa shape index (κ2) is 4.90. The lowest BCUT2D eigenvalue weighted by Gasteiger charge is -2.07. The van der Waals surface area contributed by atoms with Crippen LogP contribution < -0.4 is 10.5 Å². The number of anilines is 1. The molecule has 0 aliphatic rings. The van der Waals surface area contributed by atoms with Crippen molar-refractivity contribution < 1.29 is 9.97 Å². The van der Waals surface area contributed by atoms with E-state index in [0.29, 0.717) is 29.0 Å². The van der Waals surface area contributed by atoms with Gasteiger partial charge in [0.25, 0.3) is 5.69 Å². The highest BCUT2D eigenvalue weighted by molar-refractivity contribution is 5.99. The molecule has 0 unspecified atom stereocenters. The smallest absolute Gasteiger partial charge is 0.255 e. The summed E-state index contributed by atoms with van der Waals surface area (Å²) in [5, 5.41) is 14.5. The highest BCUT2D eigenvalue weighted by Crippen LogP contribution is 2.30. The van der Waals surface area contributed by atoms with E-state index in [1.165, 1.54) is 6.92 Å². The van der Waals surface area contributed by atoms with Crippen LogP contribution in [0.4, 0.5) is 11.5 Å². The molecule has 0 bridgehead atoms. The molecule has 0 spiro atoms. The van der Waals surface area contributed by atoms with Crippen LogP contribution in [0.3, 0.4) is 0 Å². The van der Waals surface area contributed by atoms with Gasteiger partial charge in [0.2, 0.25) is 5.91 Å². The fourth-order valence-corrected chi connectivity index (χ4v) is 2.15. The zero-order chi connectivity index (χ0) is 14.0. The largest absolute Gasteiger partial charge is 0.326 e. The molecule has 1 amide bonds. The van der Waals surface area contributed by atoms with E-state index in [9.17, 15) is 15.0 Å². The number of hydrogen-bond acceptors (Lipinski definition) is 3. The number of carbonyl (C=O) groups excluding carboxylic acids is 1. The number of amides is 1. The van der Waals surface area contributed by atoms with Gasteiger partial charge in [-0.25, -0.2) is 0 Å². The van der Waals surface area contributed by atoms with Gasteiger partial charge in [-0.1, -0.05) is 0 Å². The van der Waals surface area contributed by atoms with Gasteiger partial charge in [0, 0.05) is 41.1 Å². The highest BCUT2D eigenvalue weighted by atomic mass is 16.3. The van der Waals surface area contributed by atoms with Crippen molar-refractivity contribution in [3.8, 4) is 6.07 Å². The number of nitroso groups, excluding NO2 is 1. The van der Waals surface area contributed by atoms with Crippen LogP contribution in [0.5, 0.6) is 0 Å². The van der Waals surface area contributed by atoms with Gasteiger partial charge in [0.1, 0.15) is 17.5 Å². The second-order valence-electron chi connectivity index (χ2n) is 4.09. The Morgan fingerprint density at radius 2 is 2.26 bits per heavy atom. The molecule has 2 rings (SSSR count). The zero-order valence-corrected chi connectivity index (χ0v) is 10.7. The summed E-state index contributed by atoms with van der Waals surface area (Å²) < 4.78 is 1.80. The van der Waals surface area contributed by atoms with E-state index in [4.69, 9.17) is 0 Å². The molecule has 6 heteroatoms. The number of rotatable bonds is 3. The molecule has 1 aromatic heterocycles. The van der Waals surface area contributed by atoms with E-state index >= 15 is 0 Å². The molecule has 96 valence electrons. The summed E-state index contributed by atoms with van der Waals surface area (Å²) in [6.45, 7) is 3.88. The first-order valence-corrected chi connectivity index (χ1v) is 5.84. The van der Waals surface area contributed by atoms with Gasteiger partial charge in [0.05, 0.1) is 5.52 Å². The van der Waals surface area contributed by atoms with Gasteiger partial charge in [-0.15, -0.1) is 0 Å². The van der Waals surface area contributed by atoms with Crippen molar-refractivity contribution in [1.82, 2.24) is 4.57 Å². The molecule has 2 N–H and O–H groups in total. The van der Waals surface area contributed by atoms with E-state index in [1.807, 2.05) is 12.1 Å². The van der Waals surface area contributed by atoms with Crippen molar-refractivity contribution in [2.45, 2.75) is 20.4 Å². The van der Waals surface area contributed by atoms with Crippen LogP contribution in [-0.4, -0.2) is 10.5 Å². The minimum Gasteiger partial charge on any atom is -0.326 e. The van der Waals surface area contributed by atoms with Crippen LogP contribution in [0, 0.1) is 16.2 Å². The first-order valence-electron chi connectivity index (χ1n) is 5.84. The van der Waals surface area contributed by atoms with Gasteiger partial charge in [-0.3, -0.25) is 4.79 Å². The quantitative estimate of drug-likeness (QED) is 0.858. The normalized spacial score (nSPS) is 10.2. The number of aryl methyl sites for hydroxylation is 1. The number of fused-ring (bicyclic) bond motifs is 1. The summed E-state index contributed by atoms with van der Waals surface area (Å²) in [7, 11) is 0. The number of nitrogens with zero attached hydrogens (tertiary/aromatic N) is 2. The van der Waals surface area contributed by atoms with Gasteiger partial charge < -0.3 is 9.88 Å². The molecule has 0 radical (unpaired) electrons. The van der Waals surface area contributed by atoms with Crippen LogP contribution >= 0.6 is 0 Å². The third kappa shape index (κ3) is 2.06. The molecule has 0 fully saturated rings. The SMILES string of the molecule is CCn1c(NC(C)=O)c(C#N)c2ccc([NH+]=O)cc21. The Hall–Kier alpha value is -2.68. The molecule has 19 heavy (non-hydrogen) atoms. The summed E-state index contributed by atoms with van der Waals surface area (Å²) >= 11 is 0. The molecule has 2 aromatic rings. The molecule has 1 aromatic carbocycles.